The number of rotatable bonds is 13. The number of carboxylic acid groups (broad SMARTS) is 1. The molecule has 9 nitrogen and oxygen atoms in total. The molecule has 0 aromatic heterocycles. The maximum atomic E-state index is 13.7. The molecule has 0 saturated carbocycles. The third-order valence-corrected chi connectivity index (χ3v) is 8.19. The van der Waals surface area contributed by atoms with Crippen LogP contribution in [0.2, 0.25) is 0 Å². The van der Waals surface area contributed by atoms with Gasteiger partial charge in [-0.15, -0.1) is 0 Å². The van der Waals surface area contributed by atoms with E-state index in [1.807, 2.05) is 74.5 Å². The molecule has 0 bridgehead atoms. The summed E-state index contributed by atoms with van der Waals surface area (Å²) in [4.78, 5) is 25.0. The highest BCUT2D eigenvalue weighted by Crippen LogP contribution is 2.23. The normalized spacial score (nSPS) is 13.2. The van der Waals surface area contributed by atoms with E-state index in [2.05, 4.69) is 5.32 Å². The van der Waals surface area contributed by atoms with Gasteiger partial charge in [0.1, 0.15) is 0 Å². The number of carbonyl (C=O) groups is 2. The number of aliphatic hydroxyl groups is 1. The van der Waals surface area contributed by atoms with Crippen LogP contribution in [0.1, 0.15) is 31.9 Å². The smallest absolute Gasteiger partial charge is 0.407 e. The summed E-state index contributed by atoms with van der Waals surface area (Å²) in [7, 11) is -4.05. The standard InChI is InChI=1S/C30H37N3O6S/c1-22(2)19-32(40(38,39)27-16-14-26(15-17-27)31-23(3)34)21-29(35)28(18-24-10-6-4-7-11-24)33(30(36)37)20-25-12-8-5-9-13-25/h4-17,22,28-29,35H,18-21H2,1-3H3,(H,31,34)(H,36,37)/t28-,29+/m0/s1. The molecule has 3 N–H and O–H groups in total. The summed E-state index contributed by atoms with van der Waals surface area (Å²) in [6.45, 7) is 4.96. The molecule has 0 aliphatic rings. The van der Waals surface area contributed by atoms with E-state index in [1.54, 1.807) is 0 Å². The van der Waals surface area contributed by atoms with Crippen LogP contribution in [0.5, 0.6) is 0 Å². The predicted molar refractivity (Wildman–Crippen MR) is 154 cm³/mol. The molecule has 3 aromatic carbocycles. The average molecular weight is 568 g/mol. The highest BCUT2D eigenvalue weighted by atomic mass is 32.2. The Hall–Kier alpha value is -3.73. The summed E-state index contributed by atoms with van der Waals surface area (Å²) in [6.07, 6.45) is -2.34. The van der Waals surface area contributed by atoms with Crippen LogP contribution in [0.25, 0.3) is 0 Å². The lowest BCUT2D eigenvalue weighted by Crippen LogP contribution is -2.52. The number of amides is 2. The van der Waals surface area contributed by atoms with Crippen LogP contribution in [0.4, 0.5) is 10.5 Å². The molecule has 214 valence electrons. The van der Waals surface area contributed by atoms with Crippen molar-refractivity contribution in [1.82, 2.24) is 9.21 Å². The number of nitrogens with zero attached hydrogens (tertiary/aromatic N) is 2. The molecule has 2 amide bonds. The van der Waals surface area contributed by atoms with Gasteiger partial charge in [0, 0.05) is 32.2 Å². The SMILES string of the molecule is CC(=O)Nc1ccc(S(=O)(=O)N(CC(C)C)C[C@@H](O)[C@H](Cc2ccccc2)N(Cc2ccccc2)C(=O)O)cc1. The lowest BCUT2D eigenvalue weighted by Gasteiger charge is -2.36. The van der Waals surface area contributed by atoms with Gasteiger partial charge in [0.25, 0.3) is 0 Å². The molecule has 0 saturated heterocycles. The zero-order valence-corrected chi connectivity index (χ0v) is 23.8. The van der Waals surface area contributed by atoms with Gasteiger partial charge in [-0.3, -0.25) is 9.69 Å². The number of hydrogen-bond acceptors (Lipinski definition) is 5. The van der Waals surface area contributed by atoms with Crippen molar-refractivity contribution in [1.29, 1.82) is 0 Å². The Kier molecular flexibility index (Phi) is 10.8. The molecule has 40 heavy (non-hydrogen) atoms. The first-order valence-corrected chi connectivity index (χ1v) is 14.5. The van der Waals surface area contributed by atoms with Crippen molar-refractivity contribution in [3.8, 4) is 0 Å². The first-order valence-electron chi connectivity index (χ1n) is 13.1. The summed E-state index contributed by atoms with van der Waals surface area (Å²) in [5.41, 5.74) is 2.03. The number of sulfonamides is 1. The first-order chi connectivity index (χ1) is 19.0. The van der Waals surface area contributed by atoms with Crippen LogP contribution in [0.15, 0.2) is 89.8 Å². The van der Waals surface area contributed by atoms with E-state index in [9.17, 15) is 28.2 Å². The van der Waals surface area contributed by atoms with E-state index >= 15 is 0 Å². The fourth-order valence-electron chi connectivity index (χ4n) is 4.49. The van der Waals surface area contributed by atoms with Crippen LogP contribution in [0, 0.1) is 5.92 Å². The second-order valence-electron chi connectivity index (χ2n) is 10.1. The van der Waals surface area contributed by atoms with Gasteiger partial charge in [-0.1, -0.05) is 74.5 Å². The minimum atomic E-state index is -4.05. The maximum Gasteiger partial charge on any atom is 0.407 e. The minimum absolute atomic E-state index is 0.00781. The van der Waals surface area contributed by atoms with Gasteiger partial charge < -0.3 is 15.5 Å². The van der Waals surface area contributed by atoms with Gasteiger partial charge >= 0.3 is 6.09 Å². The Bertz CT molecular complexity index is 1350. The van der Waals surface area contributed by atoms with Crippen molar-refractivity contribution in [2.24, 2.45) is 5.92 Å². The molecule has 10 heteroatoms. The van der Waals surface area contributed by atoms with E-state index in [1.165, 1.54) is 40.4 Å². The monoisotopic (exact) mass is 567 g/mol. The summed E-state index contributed by atoms with van der Waals surface area (Å²) in [5, 5.41) is 24.3. The van der Waals surface area contributed by atoms with E-state index in [4.69, 9.17) is 0 Å². The zero-order valence-electron chi connectivity index (χ0n) is 23.0. The lowest BCUT2D eigenvalue weighted by atomic mass is 9.98. The fraction of sp³-hybridized carbons (Fsp3) is 0.333. The number of anilines is 1. The van der Waals surface area contributed by atoms with Crippen LogP contribution in [0.3, 0.4) is 0 Å². The van der Waals surface area contributed by atoms with Gasteiger partial charge in [0.05, 0.1) is 17.0 Å². The number of carbonyl (C=O) groups excluding carboxylic acids is 1. The summed E-state index contributed by atoms with van der Waals surface area (Å²) >= 11 is 0. The summed E-state index contributed by atoms with van der Waals surface area (Å²) in [6, 6.07) is 23.2. The number of hydrogen-bond donors (Lipinski definition) is 3. The van der Waals surface area contributed by atoms with Crippen molar-refractivity contribution in [3.05, 3.63) is 96.1 Å². The highest BCUT2D eigenvalue weighted by molar-refractivity contribution is 7.89. The van der Waals surface area contributed by atoms with Crippen LogP contribution < -0.4 is 5.32 Å². The molecule has 0 unspecified atom stereocenters. The molecule has 0 heterocycles. The predicted octanol–water partition coefficient (Wildman–Crippen LogP) is 4.44. The second-order valence-corrected chi connectivity index (χ2v) is 12.1. The number of benzene rings is 3. The molecule has 0 fully saturated rings. The summed E-state index contributed by atoms with van der Waals surface area (Å²) < 4.78 is 28.6. The van der Waals surface area contributed by atoms with Gasteiger partial charge in [-0.05, 0) is 47.7 Å². The van der Waals surface area contributed by atoms with E-state index in [-0.39, 0.29) is 42.8 Å². The van der Waals surface area contributed by atoms with Crippen LogP contribution in [-0.4, -0.2) is 65.1 Å². The van der Waals surface area contributed by atoms with Gasteiger partial charge in [0.2, 0.25) is 15.9 Å². The van der Waals surface area contributed by atoms with Crippen LogP contribution in [-0.2, 0) is 27.8 Å². The third kappa shape index (κ3) is 8.64. The minimum Gasteiger partial charge on any atom is -0.465 e. The number of aliphatic hydroxyl groups excluding tert-OH is 1. The molecule has 0 aliphatic heterocycles. The zero-order chi connectivity index (χ0) is 29.3. The summed E-state index contributed by atoms with van der Waals surface area (Å²) in [5.74, 6) is -0.337. The molecule has 3 rings (SSSR count). The molecule has 0 radical (unpaired) electrons. The van der Waals surface area contributed by atoms with Gasteiger partial charge in [0.15, 0.2) is 0 Å². The Morgan fingerprint density at radius 2 is 1.40 bits per heavy atom. The lowest BCUT2D eigenvalue weighted by molar-refractivity contribution is -0.114. The van der Waals surface area contributed by atoms with Gasteiger partial charge in [-0.2, -0.15) is 4.31 Å². The Morgan fingerprint density at radius 3 is 1.90 bits per heavy atom. The Morgan fingerprint density at radius 1 is 0.850 bits per heavy atom. The van der Waals surface area contributed by atoms with Crippen molar-refractivity contribution in [2.75, 3.05) is 18.4 Å². The second kappa shape index (κ2) is 14.1. The Balaban J connectivity index is 1.95. The maximum absolute atomic E-state index is 13.7. The molecule has 3 aromatic rings. The average Bonchev–Trinajstić information content (AvgIpc) is 2.91. The van der Waals surface area contributed by atoms with Crippen molar-refractivity contribution >= 4 is 27.7 Å². The van der Waals surface area contributed by atoms with Crippen LogP contribution >= 0.6 is 0 Å². The van der Waals surface area contributed by atoms with E-state index < -0.39 is 28.3 Å². The van der Waals surface area contributed by atoms with Gasteiger partial charge in [-0.25, -0.2) is 13.2 Å². The van der Waals surface area contributed by atoms with Crippen molar-refractivity contribution in [2.45, 2.75) is 50.8 Å². The molecule has 2 atom stereocenters. The fourth-order valence-corrected chi connectivity index (χ4v) is 6.11. The molecular formula is C30H37N3O6S. The Labute approximate surface area is 236 Å². The van der Waals surface area contributed by atoms with E-state index in [0.29, 0.717) is 5.69 Å². The third-order valence-electron chi connectivity index (χ3n) is 6.35. The van der Waals surface area contributed by atoms with Crippen molar-refractivity contribution in [3.63, 3.8) is 0 Å². The largest absolute Gasteiger partial charge is 0.465 e. The highest BCUT2D eigenvalue weighted by Gasteiger charge is 2.35. The first kappa shape index (κ1) is 30.8. The topological polar surface area (TPSA) is 127 Å². The molecule has 0 aliphatic carbocycles. The number of nitrogens with one attached hydrogen (secondary N) is 1. The molecule has 0 spiro atoms. The van der Waals surface area contributed by atoms with Crippen molar-refractivity contribution < 1.29 is 28.2 Å². The molecular weight excluding hydrogens is 530 g/mol. The van der Waals surface area contributed by atoms with E-state index in [0.717, 1.165) is 11.1 Å². The quantitative estimate of drug-likeness (QED) is 0.280.